The van der Waals surface area contributed by atoms with Crippen molar-refractivity contribution in [3.8, 4) is 0 Å². The van der Waals surface area contributed by atoms with Gasteiger partial charge in [-0.1, -0.05) is 12.1 Å². The molecule has 1 aromatic carbocycles. The Morgan fingerprint density at radius 1 is 1.12 bits per heavy atom. The molecule has 1 aromatic heterocycles. The smallest absolute Gasteiger partial charge is 0.139 e. The van der Waals surface area contributed by atoms with Crippen molar-refractivity contribution in [2.45, 2.75) is 18.9 Å². The van der Waals surface area contributed by atoms with Crippen molar-refractivity contribution in [1.29, 1.82) is 0 Å². The maximum absolute atomic E-state index is 5.93. The molecule has 0 bridgehead atoms. The van der Waals surface area contributed by atoms with Crippen molar-refractivity contribution >= 4 is 16.7 Å². The topological polar surface area (TPSA) is 55.0 Å². The molecule has 0 spiro atoms. The second kappa shape index (κ2) is 4.30. The summed E-state index contributed by atoms with van der Waals surface area (Å²) in [7, 11) is 0. The van der Waals surface area contributed by atoms with Crippen LogP contribution in [0.1, 0.15) is 12.8 Å². The Bertz CT molecular complexity index is 512. The number of nitrogens with zero attached hydrogens (tertiary/aromatic N) is 3. The predicted octanol–water partition coefficient (Wildman–Crippen LogP) is 1.56. The third-order valence-corrected chi connectivity index (χ3v) is 3.36. The summed E-state index contributed by atoms with van der Waals surface area (Å²) in [5.74, 6) is 1.04. The van der Waals surface area contributed by atoms with Crippen LogP contribution in [0.25, 0.3) is 10.9 Å². The number of para-hydroxylation sites is 1. The van der Waals surface area contributed by atoms with Gasteiger partial charge < -0.3 is 10.6 Å². The average molecular weight is 228 g/mol. The van der Waals surface area contributed by atoms with Gasteiger partial charge in [-0.05, 0) is 25.0 Å². The van der Waals surface area contributed by atoms with Crippen LogP contribution in [0.5, 0.6) is 0 Å². The zero-order valence-corrected chi connectivity index (χ0v) is 9.71. The molecule has 88 valence electrons. The van der Waals surface area contributed by atoms with Crippen LogP contribution in [0.2, 0.25) is 0 Å². The zero-order valence-electron chi connectivity index (χ0n) is 9.71. The van der Waals surface area contributed by atoms with Gasteiger partial charge in [0, 0.05) is 24.5 Å². The lowest BCUT2D eigenvalue weighted by Gasteiger charge is -2.31. The van der Waals surface area contributed by atoms with Gasteiger partial charge in [-0.25, -0.2) is 9.97 Å². The molecule has 0 saturated carbocycles. The first-order valence-corrected chi connectivity index (χ1v) is 6.05. The highest BCUT2D eigenvalue weighted by Gasteiger charge is 2.18. The molecule has 0 radical (unpaired) electrons. The van der Waals surface area contributed by atoms with Crippen molar-refractivity contribution in [2.24, 2.45) is 5.73 Å². The number of hydrogen-bond acceptors (Lipinski definition) is 4. The van der Waals surface area contributed by atoms with Gasteiger partial charge in [0.25, 0.3) is 0 Å². The Labute approximate surface area is 100 Å². The predicted molar refractivity (Wildman–Crippen MR) is 69.0 cm³/mol. The lowest BCUT2D eigenvalue weighted by Crippen LogP contribution is -2.40. The summed E-state index contributed by atoms with van der Waals surface area (Å²) < 4.78 is 0. The number of anilines is 1. The standard InChI is InChI=1S/C13H16N4/c14-10-5-7-17(8-6-10)13-11-3-1-2-4-12(11)15-9-16-13/h1-4,9-10H,5-8,14H2. The Balaban J connectivity index is 2.00. The van der Waals surface area contributed by atoms with E-state index in [1.807, 2.05) is 18.2 Å². The minimum atomic E-state index is 0.347. The van der Waals surface area contributed by atoms with E-state index in [0.717, 1.165) is 42.7 Å². The molecule has 1 aliphatic heterocycles. The van der Waals surface area contributed by atoms with Gasteiger partial charge in [-0.2, -0.15) is 0 Å². The van der Waals surface area contributed by atoms with Crippen molar-refractivity contribution in [3.63, 3.8) is 0 Å². The van der Waals surface area contributed by atoms with Crippen LogP contribution >= 0.6 is 0 Å². The van der Waals surface area contributed by atoms with Crippen LogP contribution in [0.15, 0.2) is 30.6 Å². The molecule has 2 N–H and O–H groups in total. The average Bonchev–Trinajstić information content (AvgIpc) is 2.39. The molecule has 2 heterocycles. The summed E-state index contributed by atoms with van der Waals surface area (Å²) in [6.45, 7) is 1.98. The zero-order chi connectivity index (χ0) is 11.7. The van der Waals surface area contributed by atoms with E-state index in [4.69, 9.17) is 5.73 Å². The normalized spacial score (nSPS) is 17.6. The van der Waals surface area contributed by atoms with Crippen LogP contribution in [-0.2, 0) is 0 Å². The molecule has 0 amide bonds. The number of hydrogen-bond donors (Lipinski definition) is 1. The summed E-state index contributed by atoms with van der Waals surface area (Å²) in [5.41, 5.74) is 6.94. The van der Waals surface area contributed by atoms with Crippen molar-refractivity contribution < 1.29 is 0 Å². The molecule has 1 saturated heterocycles. The molecule has 0 unspecified atom stereocenters. The maximum Gasteiger partial charge on any atom is 0.139 e. The van der Waals surface area contributed by atoms with Crippen molar-refractivity contribution in [1.82, 2.24) is 9.97 Å². The lowest BCUT2D eigenvalue weighted by atomic mass is 10.1. The second-order valence-corrected chi connectivity index (χ2v) is 4.54. The van der Waals surface area contributed by atoms with Crippen LogP contribution in [0, 0.1) is 0 Å². The van der Waals surface area contributed by atoms with Gasteiger partial charge in [-0.15, -0.1) is 0 Å². The number of benzene rings is 1. The molecule has 1 aliphatic rings. The van der Waals surface area contributed by atoms with Gasteiger partial charge in [0.2, 0.25) is 0 Å². The van der Waals surface area contributed by atoms with E-state index in [1.54, 1.807) is 6.33 Å². The highest BCUT2D eigenvalue weighted by atomic mass is 15.2. The summed E-state index contributed by atoms with van der Waals surface area (Å²) in [4.78, 5) is 11.0. The van der Waals surface area contributed by atoms with Crippen LogP contribution in [0.4, 0.5) is 5.82 Å². The molecule has 4 heteroatoms. The number of rotatable bonds is 1. The largest absolute Gasteiger partial charge is 0.356 e. The first-order valence-electron chi connectivity index (χ1n) is 6.05. The Hall–Kier alpha value is -1.68. The van der Waals surface area contributed by atoms with Crippen LogP contribution in [0.3, 0.4) is 0 Å². The first kappa shape index (κ1) is 10.5. The highest BCUT2D eigenvalue weighted by Crippen LogP contribution is 2.24. The Morgan fingerprint density at radius 2 is 1.88 bits per heavy atom. The minimum absolute atomic E-state index is 0.347. The van der Waals surface area contributed by atoms with E-state index in [-0.39, 0.29) is 0 Å². The fraction of sp³-hybridized carbons (Fsp3) is 0.385. The van der Waals surface area contributed by atoms with Crippen LogP contribution in [-0.4, -0.2) is 29.1 Å². The van der Waals surface area contributed by atoms with Gasteiger partial charge in [0.05, 0.1) is 5.52 Å². The Morgan fingerprint density at radius 3 is 2.71 bits per heavy atom. The van der Waals surface area contributed by atoms with Gasteiger partial charge in [0.1, 0.15) is 12.1 Å². The molecule has 4 nitrogen and oxygen atoms in total. The summed E-state index contributed by atoms with van der Waals surface area (Å²) in [6.07, 6.45) is 3.73. The maximum atomic E-state index is 5.93. The molecule has 2 aromatic rings. The fourth-order valence-corrected chi connectivity index (χ4v) is 2.35. The molecular weight excluding hydrogens is 212 g/mol. The minimum Gasteiger partial charge on any atom is -0.356 e. The summed E-state index contributed by atoms with van der Waals surface area (Å²) in [5, 5.41) is 1.13. The molecular formula is C13H16N4. The monoisotopic (exact) mass is 228 g/mol. The third-order valence-electron chi connectivity index (χ3n) is 3.36. The van der Waals surface area contributed by atoms with Gasteiger partial charge in [-0.3, -0.25) is 0 Å². The number of aromatic nitrogens is 2. The van der Waals surface area contributed by atoms with E-state index in [2.05, 4.69) is 20.9 Å². The number of piperidine rings is 1. The van der Waals surface area contributed by atoms with Gasteiger partial charge >= 0.3 is 0 Å². The van der Waals surface area contributed by atoms with Crippen LogP contribution < -0.4 is 10.6 Å². The molecule has 17 heavy (non-hydrogen) atoms. The quantitative estimate of drug-likeness (QED) is 0.804. The SMILES string of the molecule is NC1CCN(c2ncnc3ccccc23)CC1. The second-order valence-electron chi connectivity index (χ2n) is 4.54. The van der Waals surface area contributed by atoms with Gasteiger partial charge in [0.15, 0.2) is 0 Å². The van der Waals surface area contributed by atoms with E-state index < -0.39 is 0 Å². The molecule has 3 rings (SSSR count). The fourth-order valence-electron chi connectivity index (χ4n) is 2.35. The third kappa shape index (κ3) is 1.96. The Kier molecular flexibility index (Phi) is 2.65. The number of nitrogens with two attached hydrogens (primary N) is 1. The van der Waals surface area contributed by atoms with Crippen molar-refractivity contribution in [3.05, 3.63) is 30.6 Å². The van der Waals surface area contributed by atoms with Crippen molar-refractivity contribution in [2.75, 3.05) is 18.0 Å². The first-order chi connectivity index (χ1) is 8.34. The summed E-state index contributed by atoms with van der Waals surface area (Å²) >= 11 is 0. The molecule has 0 aliphatic carbocycles. The summed E-state index contributed by atoms with van der Waals surface area (Å²) in [6, 6.07) is 8.49. The van der Waals surface area contributed by atoms with E-state index in [0.29, 0.717) is 6.04 Å². The highest BCUT2D eigenvalue weighted by molar-refractivity contribution is 5.89. The van der Waals surface area contributed by atoms with E-state index >= 15 is 0 Å². The lowest BCUT2D eigenvalue weighted by molar-refractivity contribution is 0.499. The molecule has 1 fully saturated rings. The van der Waals surface area contributed by atoms with E-state index in [1.165, 1.54) is 0 Å². The molecule has 0 atom stereocenters. The number of fused-ring (bicyclic) bond motifs is 1. The van der Waals surface area contributed by atoms with E-state index in [9.17, 15) is 0 Å².